The molecule has 0 aliphatic carbocycles. The van der Waals surface area contributed by atoms with Gasteiger partial charge < -0.3 is 15.5 Å². The fraction of sp³-hybridized carbons (Fsp3) is 0.650. The summed E-state index contributed by atoms with van der Waals surface area (Å²) in [4.78, 5) is 9.37. The Morgan fingerprint density at radius 1 is 0.962 bits per heavy atom. The van der Waals surface area contributed by atoms with Gasteiger partial charge in [0, 0.05) is 52.9 Å². The van der Waals surface area contributed by atoms with Crippen molar-refractivity contribution >= 4 is 29.9 Å². The molecule has 0 unspecified atom stereocenters. The molecule has 1 heterocycles. The van der Waals surface area contributed by atoms with Gasteiger partial charge in [-0.2, -0.15) is 0 Å². The molecule has 0 radical (unpaired) electrons. The third kappa shape index (κ3) is 8.22. The van der Waals surface area contributed by atoms with Crippen LogP contribution < -0.4 is 10.6 Å². The second-order valence-corrected chi connectivity index (χ2v) is 6.95. The Kier molecular flexibility index (Phi) is 11.2. The van der Waals surface area contributed by atoms with Crippen LogP contribution in [0.3, 0.4) is 0 Å². The highest BCUT2D eigenvalue weighted by atomic mass is 127. The lowest BCUT2D eigenvalue weighted by Gasteiger charge is -2.34. The summed E-state index contributed by atoms with van der Waals surface area (Å²) in [6.07, 6.45) is 1.02. The van der Waals surface area contributed by atoms with Crippen LogP contribution >= 0.6 is 24.0 Å². The van der Waals surface area contributed by atoms with Gasteiger partial charge in [0.05, 0.1) is 0 Å². The zero-order valence-electron chi connectivity index (χ0n) is 16.8. The number of guanidine groups is 1. The van der Waals surface area contributed by atoms with Crippen molar-refractivity contribution in [2.45, 2.75) is 27.2 Å². The zero-order chi connectivity index (χ0) is 18.1. The van der Waals surface area contributed by atoms with Gasteiger partial charge in [-0.15, -0.1) is 24.0 Å². The number of nitrogens with one attached hydrogen (secondary N) is 2. The molecule has 0 spiro atoms. The Morgan fingerprint density at radius 3 is 2.12 bits per heavy atom. The summed E-state index contributed by atoms with van der Waals surface area (Å²) < 4.78 is 0. The van der Waals surface area contributed by atoms with Gasteiger partial charge in [0.25, 0.3) is 0 Å². The minimum Gasteiger partial charge on any atom is -0.356 e. The van der Waals surface area contributed by atoms with E-state index in [1.165, 1.54) is 49.4 Å². The highest BCUT2D eigenvalue weighted by Crippen LogP contribution is 2.08. The van der Waals surface area contributed by atoms with E-state index in [0.29, 0.717) is 0 Å². The van der Waals surface area contributed by atoms with Crippen molar-refractivity contribution in [3.63, 3.8) is 0 Å². The van der Waals surface area contributed by atoms with E-state index in [-0.39, 0.29) is 24.0 Å². The van der Waals surface area contributed by atoms with Crippen LogP contribution in [0.1, 0.15) is 23.6 Å². The maximum atomic E-state index is 4.33. The first-order valence-electron chi connectivity index (χ1n) is 9.57. The average molecular weight is 473 g/mol. The molecule has 1 aliphatic rings. The van der Waals surface area contributed by atoms with Crippen LogP contribution in [0.2, 0.25) is 0 Å². The van der Waals surface area contributed by atoms with E-state index in [1.807, 2.05) is 7.05 Å². The molecule has 0 saturated carbocycles. The van der Waals surface area contributed by atoms with Crippen LogP contribution in [0.5, 0.6) is 0 Å². The summed E-state index contributed by atoms with van der Waals surface area (Å²) in [7, 11) is 1.84. The zero-order valence-corrected chi connectivity index (χ0v) is 19.2. The first-order chi connectivity index (χ1) is 12.1. The largest absolute Gasteiger partial charge is 0.356 e. The number of nitrogens with zero attached hydrogens (tertiary/aromatic N) is 3. The Balaban J connectivity index is 0.00000338. The number of piperazine rings is 1. The molecule has 148 valence electrons. The van der Waals surface area contributed by atoms with E-state index in [0.717, 1.165) is 32.0 Å². The van der Waals surface area contributed by atoms with Crippen molar-refractivity contribution in [3.05, 3.63) is 34.9 Å². The molecule has 0 amide bonds. The summed E-state index contributed by atoms with van der Waals surface area (Å²) in [5, 5.41) is 6.86. The normalized spacial score (nSPS) is 16.2. The highest BCUT2D eigenvalue weighted by Gasteiger charge is 2.14. The fourth-order valence-corrected chi connectivity index (χ4v) is 3.42. The van der Waals surface area contributed by atoms with Gasteiger partial charge in [-0.05, 0) is 32.4 Å². The van der Waals surface area contributed by atoms with Gasteiger partial charge in [0.15, 0.2) is 5.96 Å². The third-order valence-electron chi connectivity index (χ3n) is 4.84. The van der Waals surface area contributed by atoms with Crippen LogP contribution in [0.15, 0.2) is 23.2 Å². The number of aryl methyl sites for hydroxylation is 2. The first kappa shape index (κ1) is 23.2. The molecule has 0 aromatic heterocycles. The van der Waals surface area contributed by atoms with Gasteiger partial charge in [-0.3, -0.25) is 9.89 Å². The van der Waals surface area contributed by atoms with Crippen molar-refractivity contribution in [3.8, 4) is 0 Å². The molecule has 2 rings (SSSR count). The van der Waals surface area contributed by atoms with Crippen LogP contribution in [-0.4, -0.2) is 75.2 Å². The molecule has 1 saturated heterocycles. The topological polar surface area (TPSA) is 42.9 Å². The van der Waals surface area contributed by atoms with Gasteiger partial charge in [-0.1, -0.05) is 36.2 Å². The third-order valence-corrected chi connectivity index (χ3v) is 4.84. The minimum atomic E-state index is 0. The number of benzene rings is 1. The maximum absolute atomic E-state index is 4.33. The average Bonchev–Trinajstić information content (AvgIpc) is 2.60. The number of halogens is 1. The quantitative estimate of drug-likeness (QED) is 0.362. The van der Waals surface area contributed by atoms with Crippen molar-refractivity contribution in [1.29, 1.82) is 0 Å². The Labute approximate surface area is 176 Å². The number of aliphatic imine (C=N–C) groups is 1. The number of likely N-dealkylation sites (N-methyl/N-ethyl adjacent to an activating group) is 1. The molecule has 1 aliphatic heterocycles. The smallest absolute Gasteiger partial charge is 0.191 e. The maximum Gasteiger partial charge on any atom is 0.191 e. The molecule has 0 atom stereocenters. The summed E-state index contributed by atoms with van der Waals surface area (Å²) in [5.74, 6) is 0.900. The van der Waals surface area contributed by atoms with Crippen LogP contribution in [-0.2, 0) is 6.42 Å². The van der Waals surface area contributed by atoms with Crippen LogP contribution in [0, 0.1) is 13.8 Å². The lowest BCUT2D eigenvalue weighted by molar-refractivity contribution is 0.139. The summed E-state index contributed by atoms with van der Waals surface area (Å²) in [6.45, 7) is 15.4. The molecular formula is C20H36IN5. The molecule has 5 nitrogen and oxygen atoms in total. The van der Waals surface area contributed by atoms with Crippen molar-refractivity contribution in [2.24, 2.45) is 4.99 Å². The highest BCUT2D eigenvalue weighted by molar-refractivity contribution is 14.0. The molecule has 1 aromatic carbocycles. The number of hydrogen-bond donors (Lipinski definition) is 2. The predicted molar refractivity (Wildman–Crippen MR) is 123 cm³/mol. The SMILES string of the molecule is CCN1CCN(CCNC(=NC)NCCc2cc(C)cc(C)c2)CC1.I. The predicted octanol–water partition coefficient (Wildman–Crippen LogP) is 2.27. The first-order valence-corrected chi connectivity index (χ1v) is 9.57. The van der Waals surface area contributed by atoms with Gasteiger partial charge in [0.2, 0.25) is 0 Å². The Morgan fingerprint density at radius 2 is 1.54 bits per heavy atom. The summed E-state index contributed by atoms with van der Waals surface area (Å²) in [6, 6.07) is 6.75. The van der Waals surface area contributed by atoms with Crippen LogP contribution in [0.4, 0.5) is 0 Å². The van der Waals surface area contributed by atoms with E-state index in [9.17, 15) is 0 Å². The van der Waals surface area contributed by atoms with Crippen molar-refractivity contribution in [2.75, 3.05) is 59.4 Å². The lowest BCUT2D eigenvalue weighted by atomic mass is 10.1. The molecule has 1 aromatic rings. The van der Waals surface area contributed by atoms with E-state index in [4.69, 9.17) is 0 Å². The van der Waals surface area contributed by atoms with Crippen LogP contribution in [0.25, 0.3) is 0 Å². The van der Waals surface area contributed by atoms with Gasteiger partial charge in [-0.25, -0.2) is 0 Å². The summed E-state index contributed by atoms with van der Waals surface area (Å²) >= 11 is 0. The molecule has 26 heavy (non-hydrogen) atoms. The molecule has 0 bridgehead atoms. The Hall–Kier alpha value is -0.860. The molecule has 6 heteroatoms. The van der Waals surface area contributed by atoms with Gasteiger partial charge >= 0.3 is 0 Å². The van der Waals surface area contributed by atoms with E-state index in [2.05, 4.69) is 64.4 Å². The number of hydrogen-bond acceptors (Lipinski definition) is 3. The van der Waals surface area contributed by atoms with Gasteiger partial charge in [0.1, 0.15) is 0 Å². The number of rotatable bonds is 7. The molecule has 2 N–H and O–H groups in total. The van der Waals surface area contributed by atoms with Crippen molar-refractivity contribution < 1.29 is 0 Å². The Bertz CT molecular complexity index is 533. The second-order valence-electron chi connectivity index (χ2n) is 6.95. The second kappa shape index (κ2) is 12.5. The molecule has 1 fully saturated rings. The van der Waals surface area contributed by atoms with E-state index >= 15 is 0 Å². The lowest BCUT2D eigenvalue weighted by Crippen LogP contribution is -2.49. The monoisotopic (exact) mass is 473 g/mol. The standard InChI is InChI=1S/C20H35N5.HI/c1-5-24-10-12-25(13-11-24)9-8-23-20(21-4)22-7-6-19-15-17(2)14-18(3)16-19;/h14-16H,5-13H2,1-4H3,(H2,21,22,23);1H. The van der Waals surface area contributed by atoms with E-state index in [1.54, 1.807) is 0 Å². The fourth-order valence-electron chi connectivity index (χ4n) is 3.42. The van der Waals surface area contributed by atoms with E-state index < -0.39 is 0 Å². The molecular weight excluding hydrogens is 437 g/mol. The minimum absolute atomic E-state index is 0. The van der Waals surface area contributed by atoms with Crippen molar-refractivity contribution in [1.82, 2.24) is 20.4 Å². The summed E-state index contributed by atoms with van der Waals surface area (Å²) in [5.41, 5.74) is 4.05.